The number of halogens is 1. The van der Waals surface area contributed by atoms with Crippen LogP contribution in [0, 0.1) is 6.92 Å². The van der Waals surface area contributed by atoms with Crippen LogP contribution in [0.5, 0.6) is 5.75 Å². The third-order valence-electron chi connectivity index (χ3n) is 1.05. The number of benzene rings is 1. The Labute approximate surface area is 58.9 Å². The lowest BCUT2D eigenvalue weighted by atomic mass is 10.2. The van der Waals surface area contributed by atoms with Gasteiger partial charge >= 0.3 is 0 Å². The predicted octanol–water partition coefficient (Wildman–Crippen LogP) is 2.23. The Morgan fingerprint density at radius 3 is 2.56 bits per heavy atom. The molecule has 0 bridgehead atoms. The molecule has 1 rings (SSSR count). The first-order valence-electron chi connectivity index (χ1n) is 2.50. The van der Waals surface area contributed by atoms with Gasteiger partial charge in [0.05, 0.1) is 0 Å². The molecule has 9 heavy (non-hydrogen) atoms. The summed E-state index contributed by atoms with van der Waals surface area (Å²) in [5.74, 6) is 0.141. The van der Waals surface area contributed by atoms with Crippen LogP contribution in [0.15, 0.2) is 18.2 Å². The van der Waals surface area contributed by atoms with Crippen molar-refractivity contribution >= 4 is 11.6 Å². The lowest BCUT2D eigenvalue weighted by molar-refractivity contribution is 0.473. The van der Waals surface area contributed by atoms with E-state index in [1.54, 1.807) is 12.1 Å². The van der Waals surface area contributed by atoms with Crippen LogP contribution in [-0.4, -0.2) is 5.11 Å². The van der Waals surface area contributed by atoms with Crippen molar-refractivity contribution in [1.82, 2.24) is 0 Å². The molecule has 47 valence electrons. The summed E-state index contributed by atoms with van der Waals surface area (Å²) in [6.07, 6.45) is 0. The average molecular weight is 142 g/mol. The molecule has 1 aromatic carbocycles. The summed E-state index contributed by atoms with van der Waals surface area (Å²) in [5, 5.41) is 9.48. The van der Waals surface area contributed by atoms with E-state index in [1.165, 1.54) is 6.07 Å². The summed E-state index contributed by atoms with van der Waals surface area (Å²) in [6, 6.07) is 4.81. The molecule has 0 unspecified atom stereocenters. The maximum absolute atomic E-state index is 8.95. The molecule has 0 amide bonds. The molecule has 0 aliphatic rings. The van der Waals surface area contributed by atoms with Crippen molar-refractivity contribution in [3.8, 4) is 5.75 Å². The summed E-state index contributed by atoms with van der Waals surface area (Å²) >= 11 is 5.53. The number of hydrogen-bond acceptors (Lipinski definition) is 1. The normalized spacial score (nSPS) is 9.56. The Hall–Kier alpha value is -0.690. The van der Waals surface area contributed by atoms with Gasteiger partial charge in [-0.2, -0.15) is 0 Å². The van der Waals surface area contributed by atoms with E-state index < -0.39 is 0 Å². The first-order chi connectivity index (χ1) is 4.20. The van der Waals surface area contributed by atoms with Gasteiger partial charge in [-0.05, 0) is 24.6 Å². The van der Waals surface area contributed by atoms with Gasteiger partial charge in [-0.15, -0.1) is 0 Å². The Morgan fingerprint density at radius 1 is 1.44 bits per heavy atom. The van der Waals surface area contributed by atoms with Crippen molar-refractivity contribution < 1.29 is 5.11 Å². The zero-order valence-corrected chi connectivity index (χ0v) is 5.52. The van der Waals surface area contributed by atoms with Gasteiger partial charge in [-0.25, -0.2) is 0 Å². The molecular weight excluding hydrogens is 136 g/mol. The second-order valence-corrected chi connectivity index (χ2v) is 2.21. The summed E-state index contributed by atoms with van der Waals surface area (Å²) in [7, 11) is 0. The monoisotopic (exact) mass is 141 g/mol. The minimum absolute atomic E-state index is 0.141. The van der Waals surface area contributed by atoms with Crippen LogP contribution in [0.4, 0.5) is 0 Å². The molecule has 0 aliphatic carbocycles. The van der Waals surface area contributed by atoms with Crippen molar-refractivity contribution in [3.05, 3.63) is 35.7 Å². The number of rotatable bonds is 0. The Bertz CT molecular complexity index is 220. The maximum Gasteiger partial charge on any atom is 0.120 e. The largest absolute Gasteiger partial charge is 0.508 e. The van der Waals surface area contributed by atoms with Gasteiger partial charge in [0.15, 0.2) is 0 Å². The van der Waals surface area contributed by atoms with E-state index in [2.05, 4.69) is 6.92 Å². The van der Waals surface area contributed by atoms with E-state index in [1.807, 2.05) is 0 Å². The van der Waals surface area contributed by atoms with E-state index in [0.29, 0.717) is 10.6 Å². The van der Waals surface area contributed by atoms with Crippen molar-refractivity contribution in [2.75, 3.05) is 0 Å². The molecule has 2 heteroatoms. The first kappa shape index (κ1) is 6.43. The molecule has 1 N–H and O–H groups in total. The van der Waals surface area contributed by atoms with Crippen LogP contribution < -0.4 is 0 Å². The van der Waals surface area contributed by atoms with Crippen LogP contribution in [0.3, 0.4) is 0 Å². The summed E-state index contributed by atoms with van der Waals surface area (Å²) in [6.45, 7) is 3.55. The standard InChI is InChI=1S/C7H6ClO/c1-5-2-3-6(8)4-7(5)9/h2-4,9H,1H2. The molecule has 0 spiro atoms. The predicted molar refractivity (Wildman–Crippen MR) is 37.6 cm³/mol. The fourth-order valence-corrected chi connectivity index (χ4v) is 0.703. The van der Waals surface area contributed by atoms with E-state index in [-0.39, 0.29) is 5.75 Å². The second kappa shape index (κ2) is 2.28. The van der Waals surface area contributed by atoms with Gasteiger partial charge in [0.2, 0.25) is 0 Å². The van der Waals surface area contributed by atoms with E-state index in [4.69, 9.17) is 16.7 Å². The van der Waals surface area contributed by atoms with Crippen molar-refractivity contribution in [3.63, 3.8) is 0 Å². The quantitative estimate of drug-likeness (QED) is 0.588. The van der Waals surface area contributed by atoms with Gasteiger partial charge in [-0.1, -0.05) is 17.7 Å². The van der Waals surface area contributed by atoms with Crippen LogP contribution >= 0.6 is 11.6 Å². The van der Waals surface area contributed by atoms with Crippen molar-refractivity contribution in [1.29, 1.82) is 0 Å². The highest BCUT2D eigenvalue weighted by molar-refractivity contribution is 6.30. The smallest absolute Gasteiger partial charge is 0.120 e. The Kier molecular flexibility index (Phi) is 1.63. The third-order valence-corrected chi connectivity index (χ3v) is 1.28. The second-order valence-electron chi connectivity index (χ2n) is 1.77. The fourth-order valence-electron chi connectivity index (χ4n) is 0.537. The number of phenols is 1. The highest BCUT2D eigenvalue weighted by atomic mass is 35.5. The average Bonchev–Trinajstić information content (AvgIpc) is 1.80. The summed E-state index contributed by atoms with van der Waals surface area (Å²) < 4.78 is 0. The third kappa shape index (κ3) is 1.36. The zero-order chi connectivity index (χ0) is 6.85. The van der Waals surface area contributed by atoms with Crippen molar-refractivity contribution in [2.24, 2.45) is 0 Å². The summed E-state index contributed by atoms with van der Waals surface area (Å²) in [5.41, 5.74) is 0.597. The van der Waals surface area contributed by atoms with E-state index in [0.717, 1.165) is 0 Å². The highest BCUT2D eigenvalue weighted by Gasteiger charge is 1.93. The van der Waals surface area contributed by atoms with Crippen LogP contribution in [0.2, 0.25) is 5.02 Å². The van der Waals surface area contributed by atoms with E-state index >= 15 is 0 Å². The van der Waals surface area contributed by atoms with Crippen LogP contribution in [-0.2, 0) is 0 Å². The number of phenolic OH excluding ortho intramolecular Hbond substituents is 1. The molecule has 1 aromatic rings. The molecular formula is C7H6ClO. The molecule has 0 aromatic heterocycles. The SMILES string of the molecule is [CH2]c1ccc(Cl)cc1O. The van der Waals surface area contributed by atoms with Crippen LogP contribution in [0.25, 0.3) is 0 Å². The zero-order valence-electron chi connectivity index (χ0n) is 4.76. The van der Waals surface area contributed by atoms with Gasteiger partial charge in [0.1, 0.15) is 5.75 Å². The summed E-state index contributed by atoms with van der Waals surface area (Å²) in [4.78, 5) is 0. The minimum Gasteiger partial charge on any atom is -0.508 e. The first-order valence-corrected chi connectivity index (χ1v) is 2.88. The van der Waals surface area contributed by atoms with E-state index in [9.17, 15) is 0 Å². The molecule has 1 nitrogen and oxygen atoms in total. The van der Waals surface area contributed by atoms with Crippen molar-refractivity contribution in [2.45, 2.75) is 0 Å². The maximum atomic E-state index is 8.95. The highest BCUT2D eigenvalue weighted by Crippen LogP contribution is 2.19. The Balaban J connectivity index is 3.17. The van der Waals surface area contributed by atoms with Gasteiger partial charge in [0, 0.05) is 5.02 Å². The van der Waals surface area contributed by atoms with Crippen LogP contribution in [0.1, 0.15) is 5.56 Å². The minimum atomic E-state index is 0.141. The van der Waals surface area contributed by atoms with Gasteiger partial charge in [-0.3, -0.25) is 0 Å². The molecule has 0 heterocycles. The molecule has 0 saturated carbocycles. The number of aromatic hydroxyl groups is 1. The molecule has 0 fully saturated rings. The molecule has 0 atom stereocenters. The number of hydrogen-bond donors (Lipinski definition) is 1. The lowest BCUT2D eigenvalue weighted by Gasteiger charge is -1.95. The van der Waals surface area contributed by atoms with Gasteiger partial charge in [0.25, 0.3) is 0 Å². The topological polar surface area (TPSA) is 20.2 Å². The molecule has 0 aliphatic heterocycles. The lowest BCUT2D eigenvalue weighted by Crippen LogP contribution is -1.71. The fraction of sp³-hybridized carbons (Fsp3) is 0. The Morgan fingerprint density at radius 2 is 2.11 bits per heavy atom. The van der Waals surface area contributed by atoms with Gasteiger partial charge < -0.3 is 5.11 Å². The molecule has 1 radical (unpaired) electrons. The molecule has 0 saturated heterocycles.